The summed E-state index contributed by atoms with van der Waals surface area (Å²) in [7, 11) is 0. The smallest absolute Gasteiger partial charge is 0.362 e. The number of hydrogen-bond donors (Lipinski definition) is 2. The van der Waals surface area contributed by atoms with E-state index < -0.39 is 17.5 Å². The number of primary amides is 1. The number of aromatic nitrogens is 2. The topological polar surface area (TPSA) is 130 Å². The molecule has 1 amide bonds. The number of nitrogen functional groups attached to an aromatic ring is 1. The average Bonchev–Trinajstić information content (AvgIpc) is 3.28. The molecule has 1 aliphatic rings. The first-order valence-corrected chi connectivity index (χ1v) is 11.1. The van der Waals surface area contributed by atoms with Crippen molar-refractivity contribution in [3.05, 3.63) is 94.6 Å². The maximum Gasteiger partial charge on any atom is 0.362 e. The molecule has 2 aromatic carbocycles. The molecular formula is C22H12Cl4N4O4. The number of nitrogens with zero attached hydrogens (tertiary/aromatic N) is 2. The Bertz CT molecular complexity index is 1690. The van der Waals surface area contributed by atoms with Crippen LogP contribution >= 0.6 is 46.4 Å². The van der Waals surface area contributed by atoms with Crippen molar-refractivity contribution in [1.29, 1.82) is 0 Å². The Morgan fingerprint density at radius 2 is 1.71 bits per heavy atom. The van der Waals surface area contributed by atoms with Crippen molar-refractivity contribution in [2.24, 2.45) is 5.73 Å². The van der Waals surface area contributed by atoms with Crippen LogP contribution in [0.3, 0.4) is 0 Å². The number of carbonyl (C=O) groups excluding carboxylic acids is 1. The van der Waals surface area contributed by atoms with Crippen molar-refractivity contribution in [2.75, 3.05) is 5.73 Å². The van der Waals surface area contributed by atoms with Gasteiger partial charge in [-0.25, -0.2) is 9.36 Å². The zero-order chi connectivity index (χ0) is 24.3. The summed E-state index contributed by atoms with van der Waals surface area (Å²) in [6, 6.07) is 9.27. The van der Waals surface area contributed by atoms with Crippen LogP contribution in [0.4, 0.5) is 6.01 Å². The molecule has 0 saturated carbocycles. The molecule has 4 aromatic rings. The number of carbonyl (C=O) groups is 1. The van der Waals surface area contributed by atoms with Crippen molar-refractivity contribution in [3.8, 4) is 5.88 Å². The van der Waals surface area contributed by atoms with Gasteiger partial charge in [0.15, 0.2) is 0 Å². The first-order chi connectivity index (χ1) is 16.2. The monoisotopic (exact) mass is 536 g/mol. The number of oxazole rings is 2. The third kappa shape index (κ3) is 3.59. The second-order valence-electron chi connectivity index (χ2n) is 7.34. The van der Waals surface area contributed by atoms with Gasteiger partial charge in [0.25, 0.3) is 11.9 Å². The van der Waals surface area contributed by atoms with Gasteiger partial charge in [-0.15, -0.1) is 0 Å². The molecule has 1 aliphatic heterocycles. The van der Waals surface area contributed by atoms with Crippen LogP contribution in [0, 0.1) is 0 Å². The van der Waals surface area contributed by atoms with Gasteiger partial charge in [-0.1, -0.05) is 58.5 Å². The molecule has 0 aliphatic carbocycles. The zero-order valence-electron chi connectivity index (χ0n) is 16.8. The summed E-state index contributed by atoms with van der Waals surface area (Å²) in [5.74, 6) is -1.73. The highest BCUT2D eigenvalue weighted by Gasteiger charge is 2.39. The molecule has 3 heterocycles. The molecule has 0 unspecified atom stereocenters. The molecular weight excluding hydrogens is 526 g/mol. The van der Waals surface area contributed by atoms with E-state index in [-0.39, 0.29) is 39.1 Å². The number of rotatable bonds is 3. The fourth-order valence-electron chi connectivity index (χ4n) is 3.89. The highest BCUT2D eigenvalue weighted by molar-refractivity contribution is 6.36. The Morgan fingerprint density at radius 3 is 2.35 bits per heavy atom. The molecule has 8 nitrogen and oxygen atoms in total. The van der Waals surface area contributed by atoms with Gasteiger partial charge in [0.1, 0.15) is 11.0 Å². The lowest BCUT2D eigenvalue weighted by atomic mass is 9.86. The van der Waals surface area contributed by atoms with E-state index in [9.17, 15) is 9.59 Å². The number of anilines is 1. The Morgan fingerprint density at radius 1 is 1.03 bits per heavy atom. The predicted molar refractivity (Wildman–Crippen MR) is 129 cm³/mol. The predicted octanol–water partition coefficient (Wildman–Crippen LogP) is 3.22. The van der Waals surface area contributed by atoms with Crippen LogP contribution in [0.1, 0.15) is 22.7 Å². The van der Waals surface area contributed by atoms with Gasteiger partial charge in [-0.2, -0.15) is 4.98 Å². The zero-order valence-corrected chi connectivity index (χ0v) is 19.8. The summed E-state index contributed by atoms with van der Waals surface area (Å²) in [5, 5.41) is 1.34. The largest absolute Gasteiger partial charge is 0.406 e. The number of halogens is 4. The molecule has 0 spiro atoms. The Labute approximate surface area is 210 Å². The number of nitrogens with two attached hydrogens (primary N) is 2. The van der Waals surface area contributed by atoms with Gasteiger partial charge in [0.05, 0.1) is 11.5 Å². The molecule has 2 aromatic heterocycles. The summed E-state index contributed by atoms with van der Waals surface area (Å²) >= 11 is 24.7. The molecule has 34 heavy (non-hydrogen) atoms. The highest BCUT2D eigenvalue weighted by Crippen LogP contribution is 2.41. The molecule has 12 heteroatoms. The van der Waals surface area contributed by atoms with Crippen LogP contribution in [0.25, 0.3) is 17.5 Å². The van der Waals surface area contributed by atoms with Crippen molar-refractivity contribution >= 4 is 70.0 Å². The maximum atomic E-state index is 12.9. The van der Waals surface area contributed by atoms with E-state index in [0.717, 1.165) is 0 Å². The second kappa shape index (κ2) is 8.25. The van der Waals surface area contributed by atoms with Crippen LogP contribution in [-0.4, -0.2) is 15.5 Å². The third-order valence-corrected chi connectivity index (χ3v) is 6.41. The van der Waals surface area contributed by atoms with Gasteiger partial charge in [-0.3, -0.25) is 4.79 Å². The van der Waals surface area contributed by atoms with E-state index in [2.05, 4.69) is 4.98 Å². The summed E-state index contributed by atoms with van der Waals surface area (Å²) < 4.78 is 12.4. The Hall–Kier alpha value is -3.17. The lowest BCUT2D eigenvalue weighted by molar-refractivity contribution is -0.113. The van der Waals surface area contributed by atoms with E-state index in [0.29, 0.717) is 26.2 Å². The minimum Gasteiger partial charge on any atom is -0.406 e. The van der Waals surface area contributed by atoms with E-state index in [4.69, 9.17) is 66.7 Å². The third-order valence-electron chi connectivity index (χ3n) is 5.28. The molecule has 0 fully saturated rings. The summed E-state index contributed by atoms with van der Waals surface area (Å²) in [4.78, 5) is 29.9. The normalized spacial score (nSPS) is 15.4. The van der Waals surface area contributed by atoms with Crippen LogP contribution in [0.5, 0.6) is 0 Å². The molecule has 1 atom stereocenters. The Balaban J connectivity index is 1.92. The average molecular weight is 538 g/mol. The number of hydrogen-bond acceptors (Lipinski definition) is 6. The van der Waals surface area contributed by atoms with E-state index in [1.54, 1.807) is 24.3 Å². The fraction of sp³-hybridized carbons (Fsp3) is 0.0455. The van der Waals surface area contributed by atoms with Crippen LogP contribution in [-0.2, 0) is 4.79 Å². The second-order valence-corrected chi connectivity index (χ2v) is 9.03. The first-order valence-electron chi connectivity index (χ1n) is 9.60. The number of fused-ring (bicyclic) bond motifs is 3. The van der Waals surface area contributed by atoms with E-state index >= 15 is 0 Å². The van der Waals surface area contributed by atoms with Gasteiger partial charge in [0.2, 0.25) is 11.4 Å². The van der Waals surface area contributed by atoms with Gasteiger partial charge in [-0.05, 0) is 41.5 Å². The molecule has 4 N–H and O–H groups in total. The Kier molecular flexibility index (Phi) is 5.49. The molecule has 0 radical (unpaired) electrons. The van der Waals surface area contributed by atoms with Crippen LogP contribution in [0.15, 0.2) is 50.0 Å². The molecule has 0 saturated heterocycles. The lowest BCUT2D eigenvalue weighted by Gasteiger charge is -2.22. The van der Waals surface area contributed by atoms with Crippen LogP contribution in [0.2, 0.25) is 20.1 Å². The SMILES string of the molecule is NC(=O)C1=c2oc(=O)/c(=C\c3ccc(Cl)cc3Cl)n2-c2oc(N)nc2[C@@H]1c1ccc(Cl)cc1Cl. The van der Waals surface area contributed by atoms with Crippen molar-refractivity contribution in [1.82, 2.24) is 9.55 Å². The van der Waals surface area contributed by atoms with Gasteiger partial charge < -0.3 is 20.3 Å². The standard InChI is InChI=1S/C22H12Cl4N4O4/c23-9-2-1-8(12(25)6-9)5-14-21(32)33-19-16(18(27)31)15(11-4-3-10(24)7-13(11)26)17-20(30(14)19)34-22(28)29-17/h1-7,15H,(H2,27,31)(H2,28,29)/b14-5+/t15-/m1/s1. The highest BCUT2D eigenvalue weighted by atomic mass is 35.5. The van der Waals surface area contributed by atoms with Crippen molar-refractivity contribution in [3.63, 3.8) is 0 Å². The first kappa shape index (κ1) is 22.6. The molecule has 5 rings (SSSR count). The summed E-state index contributed by atoms with van der Waals surface area (Å²) in [5.41, 5.74) is 11.8. The minimum absolute atomic E-state index is 0.00368. The molecule has 0 bridgehead atoms. The van der Waals surface area contributed by atoms with Crippen molar-refractivity contribution < 1.29 is 13.6 Å². The fourth-order valence-corrected chi connectivity index (χ4v) is 4.87. The van der Waals surface area contributed by atoms with E-state index in [1.165, 1.54) is 22.8 Å². The number of benzene rings is 2. The van der Waals surface area contributed by atoms with Gasteiger partial charge in [0, 0.05) is 20.1 Å². The van der Waals surface area contributed by atoms with Gasteiger partial charge >= 0.3 is 5.63 Å². The molecule has 172 valence electrons. The lowest BCUT2D eigenvalue weighted by Crippen LogP contribution is -2.38. The van der Waals surface area contributed by atoms with Crippen LogP contribution < -0.4 is 28.0 Å². The maximum absolute atomic E-state index is 12.9. The minimum atomic E-state index is -0.934. The quantitative estimate of drug-likeness (QED) is 0.412. The van der Waals surface area contributed by atoms with Crippen molar-refractivity contribution in [2.45, 2.75) is 5.92 Å². The summed E-state index contributed by atoms with van der Waals surface area (Å²) in [6.07, 6.45) is 1.46. The van der Waals surface area contributed by atoms with E-state index in [1.807, 2.05) is 0 Å². The number of amides is 1. The summed E-state index contributed by atoms with van der Waals surface area (Å²) in [6.45, 7) is 0.